The number of fused-ring (bicyclic) bond motifs is 3. The highest BCUT2D eigenvalue weighted by Gasteiger charge is 2.46. The van der Waals surface area contributed by atoms with Crippen molar-refractivity contribution >= 4 is 5.91 Å². The molecule has 0 bridgehead atoms. The second kappa shape index (κ2) is 7.17. The predicted molar refractivity (Wildman–Crippen MR) is 107 cm³/mol. The highest BCUT2D eigenvalue weighted by Crippen LogP contribution is 2.49. The first-order valence-corrected chi connectivity index (χ1v) is 9.70. The number of rotatable bonds is 4. The minimum Gasteiger partial charge on any atom is -0.345 e. The Bertz CT molecular complexity index is 976. The summed E-state index contributed by atoms with van der Waals surface area (Å²) in [5.41, 5.74) is 4.58. The summed E-state index contributed by atoms with van der Waals surface area (Å²) < 4.78 is 0. The minimum atomic E-state index is -0.0320. The monoisotopic (exact) mass is 370 g/mol. The topological polar surface area (TPSA) is 58.1 Å². The third-order valence-corrected chi connectivity index (χ3v) is 5.98. The molecule has 3 aromatic rings. The lowest BCUT2D eigenvalue weighted by atomic mass is 9.94. The minimum absolute atomic E-state index is 0.0320. The van der Waals surface area contributed by atoms with Gasteiger partial charge < -0.3 is 5.32 Å². The fraction of sp³-hybridized carbons (Fsp3) is 0.261. The van der Waals surface area contributed by atoms with Gasteiger partial charge in [0.2, 0.25) is 0 Å². The zero-order valence-electron chi connectivity index (χ0n) is 15.5. The van der Waals surface area contributed by atoms with Crippen LogP contribution in [0, 0.1) is 5.92 Å². The van der Waals surface area contributed by atoms with Crippen LogP contribution >= 0.6 is 0 Å². The van der Waals surface area contributed by atoms with Gasteiger partial charge in [-0.3, -0.25) is 19.7 Å². The summed E-state index contributed by atoms with van der Waals surface area (Å²) in [6.07, 6.45) is 7.01. The number of hydrogen-bond donors (Lipinski definition) is 1. The maximum Gasteiger partial charge on any atom is 0.251 e. The highest BCUT2D eigenvalue weighted by atomic mass is 16.1. The summed E-state index contributed by atoms with van der Waals surface area (Å²) >= 11 is 0. The van der Waals surface area contributed by atoms with Gasteiger partial charge in [-0.25, -0.2) is 0 Å². The van der Waals surface area contributed by atoms with E-state index in [-0.39, 0.29) is 11.9 Å². The van der Waals surface area contributed by atoms with Crippen molar-refractivity contribution in [2.24, 2.45) is 5.92 Å². The molecule has 1 aliphatic carbocycles. The van der Waals surface area contributed by atoms with Crippen molar-refractivity contribution in [1.82, 2.24) is 20.2 Å². The molecular weight excluding hydrogens is 348 g/mol. The van der Waals surface area contributed by atoms with Crippen LogP contribution in [0.1, 0.15) is 39.0 Å². The van der Waals surface area contributed by atoms with Crippen LogP contribution in [0.2, 0.25) is 0 Å². The number of nitrogens with zero attached hydrogens (tertiary/aromatic N) is 3. The predicted octanol–water partition coefficient (Wildman–Crippen LogP) is 3.18. The van der Waals surface area contributed by atoms with Crippen LogP contribution in [0.5, 0.6) is 0 Å². The van der Waals surface area contributed by atoms with Crippen LogP contribution in [0.25, 0.3) is 0 Å². The number of carbonyl (C=O) groups excluding carboxylic acids is 1. The molecule has 1 fully saturated rings. The van der Waals surface area contributed by atoms with E-state index in [0.29, 0.717) is 17.4 Å². The van der Waals surface area contributed by atoms with Gasteiger partial charge in [0.25, 0.3) is 5.91 Å². The van der Waals surface area contributed by atoms with Crippen LogP contribution in [0.15, 0.2) is 73.3 Å². The van der Waals surface area contributed by atoms with Gasteiger partial charge in [-0.2, -0.15) is 0 Å². The molecule has 5 heteroatoms. The Morgan fingerprint density at radius 3 is 2.36 bits per heavy atom. The SMILES string of the molecule is O=C(N[C@@H]1c2ccccc2[C@@H]2CN(Cc3ccncc3)C[C@H]12)c1ccncc1. The number of benzene rings is 1. The van der Waals surface area contributed by atoms with E-state index in [9.17, 15) is 4.79 Å². The highest BCUT2D eigenvalue weighted by molar-refractivity contribution is 5.94. The van der Waals surface area contributed by atoms with Crippen molar-refractivity contribution in [1.29, 1.82) is 0 Å². The molecule has 3 atom stereocenters. The molecule has 3 heterocycles. The number of likely N-dealkylation sites (tertiary alicyclic amines) is 1. The lowest BCUT2D eigenvalue weighted by Gasteiger charge is -2.23. The lowest BCUT2D eigenvalue weighted by molar-refractivity contribution is 0.0923. The molecule has 0 spiro atoms. The van der Waals surface area contributed by atoms with Crippen LogP contribution in [-0.4, -0.2) is 33.9 Å². The van der Waals surface area contributed by atoms with Crippen LogP contribution < -0.4 is 5.32 Å². The number of hydrogen-bond acceptors (Lipinski definition) is 4. The van der Waals surface area contributed by atoms with Crippen molar-refractivity contribution in [3.63, 3.8) is 0 Å². The molecule has 5 rings (SSSR count). The maximum absolute atomic E-state index is 12.8. The van der Waals surface area contributed by atoms with Crippen LogP contribution in [0.4, 0.5) is 0 Å². The molecule has 28 heavy (non-hydrogen) atoms. The van der Waals surface area contributed by atoms with E-state index in [1.54, 1.807) is 24.5 Å². The molecule has 1 aromatic carbocycles. The van der Waals surface area contributed by atoms with Gasteiger partial charge in [-0.15, -0.1) is 0 Å². The van der Waals surface area contributed by atoms with Gasteiger partial charge in [0, 0.05) is 61.8 Å². The fourth-order valence-corrected chi connectivity index (χ4v) is 4.73. The first kappa shape index (κ1) is 17.1. The van der Waals surface area contributed by atoms with Gasteiger partial charge in [0.1, 0.15) is 0 Å². The first-order chi connectivity index (χ1) is 13.8. The molecule has 2 aromatic heterocycles. The van der Waals surface area contributed by atoms with E-state index in [1.807, 2.05) is 12.4 Å². The van der Waals surface area contributed by atoms with Crippen molar-refractivity contribution in [2.45, 2.75) is 18.5 Å². The molecule has 1 aliphatic heterocycles. The molecule has 1 amide bonds. The second-order valence-electron chi connectivity index (χ2n) is 7.64. The largest absolute Gasteiger partial charge is 0.345 e. The van der Waals surface area contributed by atoms with E-state index in [0.717, 1.165) is 19.6 Å². The number of aromatic nitrogens is 2. The average molecular weight is 370 g/mol. The first-order valence-electron chi connectivity index (χ1n) is 9.70. The normalized spacial score (nSPS) is 23.2. The Labute approximate surface area is 164 Å². The van der Waals surface area contributed by atoms with E-state index < -0.39 is 0 Å². The number of carbonyl (C=O) groups is 1. The third kappa shape index (κ3) is 3.08. The fourth-order valence-electron chi connectivity index (χ4n) is 4.73. The summed E-state index contributed by atoms with van der Waals surface area (Å²) in [6.45, 7) is 2.91. The molecule has 140 valence electrons. The van der Waals surface area contributed by atoms with Gasteiger partial charge in [0.15, 0.2) is 0 Å². The molecular formula is C23H22N4O. The van der Waals surface area contributed by atoms with E-state index >= 15 is 0 Å². The van der Waals surface area contributed by atoms with Crippen molar-refractivity contribution in [3.05, 3.63) is 95.6 Å². The average Bonchev–Trinajstić information content (AvgIpc) is 3.27. The zero-order valence-corrected chi connectivity index (χ0v) is 15.5. The summed E-state index contributed by atoms with van der Waals surface area (Å²) in [5, 5.41) is 3.30. The van der Waals surface area contributed by atoms with Gasteiger partial charge in [-0.05, 0) is 41.0 Å². The molecule has 0 unspecified atom stereocenters. The van der Waals surface area contributed by atoms with Crippen molar-refractivity contribution < 1.29 is 4.79 Å². The van der Waals surface area contributed by atoms with Crippen molar-refractivity contribution in [2.75, 3.05) is 13.1 Å². The van der Waals surface area contributed by atoms with Crippen molar-refractivity contribution in [3.8, 4) is 0 Å². The Morgan fingerprint density at radius 1 is 0.929 bits per heavy atom. The summed E-state index contributed by atoms with van der Waals surface area (Å²) in [4.78, 5) is 23.4. The molecule has 5 nitrogen and oxygen atoms in total. The Kier molecular flexibility index (Phi) is 4.37. The summed E-state index contributed by atoms with van der Waals surface area (Å²) in [7, 11) is 0. The quantitative estimate of drug-likeness (QED) is 0.766. The number of amides is 1. The van der Waals surface area contributed by atoms with E-state index in [1.165, 1.54) is 16.7 Å². The molecule has 0 saturated carbocycles. The third-order valence-electron chi connectivity index (χ3n) is 5.98. The Hall–Kier alpha value is -3.05. The molecule has 2 aliphatic rings. The van der Waals surface area contributed by atoms with Gasteiger partial charge >= 0.3 is 0 Å². The number of nitrogens with one attached hydrogen (secondary N) is 1. The smallest absolute Gasteiger partial charge is 0.251 e. The Morgan fingerprint density at radius 2 is 1.61 bits per heavy atom. The lowest BCUT2D eigenvalue weighted by Crippen LogP contribution is -2.33. The zero-order chi connectivity index (χ0) is 18.9. The standard InChI is InChI=1S/C23H22N4O/c28-23(17-7-11-25-12-8-17)26-22-19-4-2-1-3-18(19)20-14-27(15-21(20)22)13-16-5-9-24-10-6-16/h1-12,20-22H,13-15H2,(H,26,28)/t20-,21-,22+/m0/s1. The van der Waals surface area contributed by atoms with E-state index in [4.69, 9.17) is 0 Å². The Balaban J connectivity index is 1.39. The maximum atomic E-state index is 12.8. The van der Waals surface area contributed by atoms with Gasteiger partial charge in [-0.1, -0.05) is 24.3 Å². The van der Waals surface area contributed by atoms with Gasteiger partial charge in [0.05, 0.1) is 6.04 Å². The number of pyridine rings is 2. The molecule has 1 N–H and O–H groups in total. The van der Waals surface area contributed by atoms with E-state index in [2.05, 4.69) is 56.6 Å². The summed E-state index contributed by atoms with van der Waals surface area (Å²) in [5.74, 6) is 0.821. The molecule has 0 radical (unpaired) electrons. The van der Waals surface area contributed by atoms with Crippen LogP contribution in [0.3, 0.4) is 0 Å². The summed E-state index contributed by atoms with van der Waals surface area (Å²) in [6, 6.07) is 16.3. The second-order valence-corrected chi connectivity index (χ2v) is 7.64. The molecule has 1 saturated heterocycles. The van der Waals surface area contributed by atoms with Crippen LogP contribution in [-0.2, 0) is 6.54 Å².